The highest BCUT2D eigenvalue weighted by atomic mass is 31.2. The van der Waals surface area contributed by atoms with Gasteiger partial charge in [0.05, 0.1) is 12.6 Å². The quantitative estimate of drug-likeness (QED) is 0.117. The molecule has 0 aromatic heterocycles. The van der Waals surface area contributed by atoms with E-state index in [1.165, 1.54) is 11.8 Å². The van der Waals surface area contributed by atoms with E-state index >= 15 is 0 Å². The molecule has 0 aromatic rings. The minimum Gasteiger partial charge on any atom is -0.480 e. The van der Waals surface area contributed by atoms with Gasteiger partial charge in [-0.05, 0) is 38.0 Å². The number of rotatable bonds is 15. The summed E-state index contributed by atoms with van der Waals surface area (Å²) >= 11 is 0. The molecule has 1 aliphatic rings. The molecule has 1 saturated heterocycles. The second kappa shape index (κ2) is 15.3. The maximum absolute atomic E-state index is 13.3. The van der Waals surface area contributed by atoms with Crippen LogP contribution in [-0.4, -0.2) is 92.8 Å². The Morgan fingerprint density at radius 3 is 2.08 bits per heavy atom. The molecule has 1 aliphatic heterocycles. The monoisotopic (exact) mass is 579 g/mol. The van der Waals surface area contributed by atoms with Crippen molar-refractivity contribution in [1.82, 2.24) is 20.9 Å². The van der Waals surface area contributed by atoms with Crippen molar-refractivity contribution >= 4 is 37.4 Å². The van der Waals surface area contributed by atoms with E-state index in [1.807, 2.05) is 0 Å². The zero-order chi connectivity index (χ0) is 30.1. The van der Waals surface area contributed by atoms with Gasteiger partial charge in [0, 0.05) is 6.54 Å². The van der Waals surface area contributed by atoms with Crippen LogP contribution in [0.1, 0.15) is 60.3 Å². The molecule has 0 spiro atoms. The largest absolute Gasteiger partial charge is 0.480 e. The summed E-state index contributed by atoms with van der Waals surface area (Å²) in [5.41, 5.74) is 5.59. The van der Waals surface area contributed by atoms with Crippen molar-refractivity contribution in [3.05, 3.63) is 0 Å². The van der Waals surface area contributed by atoms with Crippen molar-refractivity contribution in [1.29, 1.82) is 0 Å². The van der Waals surface area contributed by atoms with Crippen LogP contribution in [0, 0.1) is 11.8 Å². The molecular weight excluding hydrogens is 537 g/mol. The molecule has 15 nitrogen and oxygen atoms in total. The predicted octanol–water partition coefficient (Wildman–Crippen LogP) is -0.935. The molecule has 4 amide bonds. The second-order valence-electron chi connectivity index (χ2n) is 10.2. The van der Waals surface area contributed by atoms with Gasteiger partial charge in [0.1, 0.15) is 24.2 Å². The number of carboxylic acids is 1. The predicted molar refractivity (Wildman–Crippen MR) is 139 cm³/mol. The van der Waals surface area contributed by atoms with Crippen LogP contribution in [0.5, 0.6) is 0 Å². The zero-order valence-electron chi connectivity index (χ0n) is 23.0. The van der Waals surface area contributed by atoms with Crippen LogP contribution in [-0.2, 0) is 33.1 Å². The first kappa shape index (κ1) is 34.4. The van der Waals surface area contributed by atoms with Gasteiger partial charge in [-0.25, -0.2) is 9.36 Å². The standard InChI is InChI=1S/C23H42N5O10P/c1-6-13(4)18(27-19(29)14(5)24)21(31)26-16(11-38-39(35,36)37)20(30)25-15(10-12(2)3)22(32)28-9-7-8-17(28)23(33)34/h12-18H,6-11,24H2,1-5H3,(H,25,30)(H,26,31)(H,27,29)(H,33,34)(H2,35,36,37)/t13-,14-,15-,16-,17-,18-/m0/s1. The molecule has 224 valence electrons. The number of likely N-dealkylation sites (tertiary alicyclic amines) is 1. The van der Waals surface area contributed by atoms with Gasteiger partial charge in [-0.2, -0.15) is 0 Å². The molecule has 8 N–H and O–H groups in total. The van der Waals surface area contributed by atoms with Crippen LogP contribution in [0.25, 0.3) is 0 Å². The Hall–Kier alpha value is -2.58. The van der Waals surface area contributed by atoms with E-state index in [0.717, 1.165) is 0 Å². The number of nitrogens with zero attached hydrogens (tertiary/aromatic N) is 1. The molecule has 0 aromatic carbocycles. The van der Waals surface area contributed by atoms with Crippen molar-refractivity contribution in [2.75, 3.05) is 13.2 Å². The van der Waals surface area contributed by atoms with Gasteiger partial charge in [-0.15, -0.1) is 0 Å². The van der Waals surface area contributed by atoms with E-state index in [0.29, 0.717) is 12.8 Å². The van der Waals surface area contributed by atoms with Crippen molar-refractivity contribution in [3.63, 3.8) is 0 Å². The molecule has 1 fully saturated rings. The van der Waals surface area contributed by atoms with E-state index < -0.39 is 80.2 Å². The minimum absolute atomic E-state index is 0.104. The van der Waals surface area contributed by atoms with Crippen LogP contribution >= 0.6 is 7.82 Å². The number of carboxylic acid groups (broad SMARTS) is 1. The van der Waals surface area contributed by atoms with E-state index in [9.17, 15) is 33.6 Å². The number of amides is 4. The maximum atomic E-state index is 13.3. The first-order valence-corrected chi connectivity index (χ1v) is 14.4. The van der Waals surface area contributed by atoms with Crippen molar-refractivity contribution in [2.45, 2.75) is 90.5 Å². The second-order valence-corrected chi connectivity index (χ2v) is 11.5. The van der Waals surface area contributed by atoms with E-state index in [4.69, 9.17) is 15.5 Å². The van der Waals surface area contributed by atoms with Crippen LogP contribution < -0.4 is 21.7 Å². The molecule has 39 heavy (non-hydrogen) atoms. The van der Waals surface area contributed by atoms with Crippen molar-refractivity contribution in [3.8, 4) is 0 Å². The molecular formula is C23H42N5O10P. The Morgan fingerprint density at radius 2 is 1.59 bits per heavy atom. The maximum Gasteiger partial charge on any atom is 0.469 e. The average Bonchev–Trinajstić information content (AvgIpc) is 3.32. The molecule has 0 saturated carbocycles. The highest BCUT2D eigenvalue weighted by Crippen LogP contribution is 2.35. The van der Waals surface area contributed by atoms with Crippen molar-refractivity contribution < 1.29 is 48.0 Å². The third-order valence-electron chi connectivity index (χ3n) is 6.39. The Morgan fingerprint density at radius 1 is 1.00 bits per heavy atom. The van der Waals surface area contributed by atoms with Gasteiger partial charge in [0.2, 0.25) is 23.6 Å². The third kappa shape index (κ3) is 11.2. The van der Waals surface area contributed by atoms with E-state index in [1.54, 1.807) is 27.7 Å². The number of carbonyl (C=O) groups is 5. The van der Waals surface area contributed by atoms with Gasteiger partial charge in [0.15, 0.2) is 0 Å². The van der Waals surface area contributed by atoms with Crippen molar-refractivity contribution in [2.24, 2.45) is 17.6 Å². The molecule has 0 radical (unpaired) electrons. The number of phosphoric ester groups is 1. The topological polar surface area (TPSA) is 238 Å². The molecule has 1 rings (SSSR count). The molecule has 16 heteroatoms. The van der Waals surface area contributed by atoms with Gasteiger partial charge >= 0.3 is 13.8 Å². The number of nitrogens with one attached hydrogen (secondary N) is 3. The summed E-state index contributed by atoms with van der Waals surface area (Å²) in [6, 6.07) is -5.94. The Labute approximate surface area is 227 Å². The van der Waals surface area contributed by atoms with Gasteiger partial charge in [-0.3, -0.25) is 23.7 Å². The summed E-state index contributed by atoms with van der Waals surface area (Å²) < 4.78 is 15.8. The van der Waals surface area contributed by atoms with E-state index in [-0.39, 0.29) is 25.3 Å². The summed E-state index contributed by atoms with van der Waals surface area (Å²) in [5.74, 6) is -4.73. The van der Waals surface area contributed by atoms with Crippen LogP contribution in [0.4, 0.5) is 0 Å². The van der Waals surface area contributed by atoms with Gasteiger partial charge in [-0.1, -0.05) is 34.1 Å². The summed E-state index contributed by atoms with van der Waals surface area (Å²) in [7, 11) is -5.06. The molecule has 0 unspecified atom stereocenters. The third-order valence-corrected chi connectivity index (χ3v) is 6.88. The summed E-state index contributed by atoms with van der Waals surface area (Å²) in [5, 5.41) is 16.8. The number of nitrogens with two attached hydrogens (primary N) is 1. The Bertz CT molecular complexity index is 940. The fourth-order valence-corrected chi connectivity index (χ4v) is 4.40. The molecule has 0 aliphatic carbocycles. The minimum atomic E-state index is -5.06. The summed E-state index contributed by atoms with van der Waals surface area (Å²) in [6.07, 6.45) is 1.33. The zero-order valence-corrected chi connectivity index (χ0v) is 23.8. The highest BCUT2D eigenvalue weighted by Gasteiger charge is 2.39. The molecule has 0 bridgehead atoms. The van der Waals surface area contributed by atoms with Crippen LogP contribution in [0.2, 0.25) is 0 Å². The average molecular weight is 580 g/mol. The number of carbonyl (C=O) groups excluding carboxylic acids is 4. The lowest BCUT2D eigenvalue weighted by Gasteiger charge is -2.30. The lowest BCUT2D eigenvalue weighted by Crippen LogP contribution is -2.60. The van der Waals surface area contributed by atoms with Crippen LogP contribution in [0.15, 0.2) is 0 Å². The number of hydrogen-bond donors (Lipinski definition) is 7. The van der Waals surface area contributed by atoms with Crippen LogP contribution in [0.3, 0.4) is 0 Å². The lowest BCUT2D eigenvalue weighted by atomic mass is 9.97. The number of aliphatic carboxylic acids is 1. The first-order valence-electron chi connectivity index (χ1n) is 12.9. The van der Waals surface area contributed by atoms with E-state index in [2.05, 4.69) is 20.5 Å². The number of hydrogen-bond acceptors (Lipinski definition) is 8. The Kier molecular flexibility index (Phi) is 13.5. The molecule has 1 heterocycles. The fourth-order valence-electron chi connectivity index (χ4n) is 4.06. The first-order chi connectivity index (χ1) is 18.0. The Balaban J connectivity index is 3.22. The SMILES string of the molecule is CC[C@H](C)[C@H](NC(=O)[C@H](C)N)C(=O)N[C@@H](COP(=O)(O)O)C(=O)N[C@@H](CC(C)C)C(=O)N1CCC[C@H]1C(=O)O. The molecule has 6 atom stereocenters. The van der Waals surface area contributed by atoms with Gasteiger partial charge in [0.25, 0.3) is 0 Å². The summed E-state index contributed by atoms with van der Waals surface area (Å²) in [6.45, 7) is 7.70. The highest BCUT2D eigenvalue weighted by molar-refractivity contribution is 7.46. The lowest BCUT2D eigenvalue weighted by molar-refractivity contribution is -0.149. The fraction of sp³-hybridized carbons (Fsp3) is 0.783. The smallest absolute Gasteiger partial charge is 0.469 e. The van der Waals surface area contributed by atoms with Gasteiger partial charge < -0.3 is 41.5 Å². The normalized spacial score (nSPS) is 19.5. The number of phosphoric acid groups is 1. The summed E-state index contributed by atoms with van der Waals surface area (Å²) in [4.78, 5) is 82.9.